The average molecular weight is 302 g/mol. The van der Waals surface area contributed by atoms with E-state index in [1.165, 1.54) is 12.8 Å². The summed E-state index contributed by atoms with van der Waals surface area (Å²) < 4.78 is 5.94. The number of benzene rings is 1. The van der Waals surface area contributed by atoms with E-state index in [1.807, 2.05) is 6.07 Å². The van der Waals surface area contributed by atoms with E-state index in [-0.39, 0.29) is 12.5 Å². The Morgan fingerprint density at radius 3 is 2.91 bits per heavy atom. The number of rotatable bonds is 5. The molecule has 0 fully saturated rings. The predicted molar refractivity (Wildman–Crippen MR) is 87.5 cm³/mol. The van der Waals surface area contributed by atoms with E-state index < -0.39 is 0 Å². The molecular formula is C19H26O3. The largest absolute Gasteiger partial charge is 0.507 e. The van der Waals surface area contributed by atoms with Crippen molar-refractivity contribution in [2.45, 2.75) is 51.4 Å². The summed E-state index contributed by atoms with van der Waals surface area (Å²) in [7, 11) is 0. The second kappa shape index (κ2) is 6.74. The second-order valence-corrected chi connectivity index (χ2v) is 6.60. The van der Waals surface area contributed by atoms with Gasteiger partial charge >= 0.3 is 0 Å². The lowest BCUT2D eigenvalue weighted by Crippen LogP contribution is -2.28. The summed E-state index contributed by atoms with van der Waals surface area (Å²) >= 11 is 0. The molecule has 0 bridgehead atoms. The van der Waals surface area contributed by atoms with Crippen LogP contribution < -0.4 is 4.74 Å². The maximum absolute atomic E-state index is 10.5. The first kappa shape index (κ1) is 15.4. The van der Waals surface area contributed by atoms with Crippen LogP contribution in [0.2, 0.25) is 0 Å². The van der Waals surface area contributed by atoms with Crippen LogP contribution in [0.5, 0.6) is 11.5 Å². The Labute approximate surface area is 132 Å². The van der Waals surface area contributed by atoms with E-state index >= 15 is 0 Å². The fourth-order valence-electron chi connectivity index (χ4n) is 3.70. The molecule has 3 heteroatoms. The van der Waals surface area contributed by atoms with Gasteiger partial charge in [0, 0.05) is 17.4 Å². The summed E-state index contributed by atoms with van der Waals surface area (Å²) in [5.41, 5.74) is 3.16. The molecule has 0 saturated carbocycles. The highest BCUT2D eigenvalue weighted by Gasteiger charge is 2.34. The van der Waals surface area contributed by atoms with Crippen molar-refractivity contribution in [2.75, 3.05) is 13.2 Å². The molecule has 2 aliphatic rings. The van der Waals surface area contributed by atoms with Gasteiger partial charge in [0.2, 0.25) is 0 Å². The summed E-state index contributed by atoms with van der Waals surface area (Å²) in [5.74, 6) is 1.79. The molecule has 1 heterocycles. The number of fused-ring (bicyclic) bond motifs is 3. The van der Waals surface area contributed by atoms with E-state index in [2.05, 4.69) is 19.1 Å². The molecule has 1 aromatic rings. The van der Waals surface area contributed by atoms with Crippen molar-refractivity contribution in [3.8, 4) is 11.5 Å². The highest BCUT2D eigenvalue weighted by atomic mass is 16.5. The Kier molecular flexibility index (Phi) is 4.72. The molecule has 0 unspecified atom stereocenters. The molecule has 2 N–H and O–H groups in total. The summed E-state index contributed by atoms with van der Waals surface area (Å²) in [5, 5.41) is 19.9. The normalized spacial score (nSPS) is 23.3. The minimum atomic E-state index is 0.120. The third-order valence-corrected chi connectivity index (χ3v) is 5.00. The molecule has 0 radical (unpaired) electrons. The van der Waals surface area contributed by atoms with Crippen LogP contribution in [0.4, 0.5) is 0 Å². The van der Waals surface area contributed by atoms with E-state index in [4.69, 9.17) is 4.74 Å². The molecular weight excluding hydrogens is 276 g/mol. The quantitative estimate of drug-likeness (QED) is 0.640. The number of allylic oxidation sites excluding steroid dienone is 1. The topological polar surface area (TPSA) is 49.7 Å². The fraction of sp³-hybridized carbons (Fsp3) is 0.579. The zero-order chi connectivity index (χ0) is 15.5. The second-order valence-electron chi connectivity index (χ2n) is 6.60. The summed E-state index contributed by atoms with van der Waals surface area (Å²) in [6, 6.07) is 4.00. The van der Waals surface area contributed by atoms with E-state index in [0.717, 1.165) is 48.1 Å². The van der Waals surface area contributed by atoms with Crippen LogP contribution in [0.3, 0.4) is 0 Å². The zero-order valence-corrected chi connectivity index (χ0v) is 13.3. The van der Waals surface area contributed by atoms with E-state index in [1.54, 1.807) is 0 Å². The molecule has 0 spiro atoms. The number of unbranched alkanes of at least 4 members (excludes halogenated alkanes) is 2. The average Bonchev–Trinajstić information content (AvgIpc) is 2.54. The lowest BCUT2D eigenvalue weighted by Gasteiger charge is -2.36. The van der Waals surface area contributed by atoms with Crippen molar-refractivity contribution in [2.24, 2.45) is 5.92 Å². The van der Waals surface area contributed by atoms with Gasteiger partial charge in [0.15, 0.2) is 0 Å². The number of ether oxygens (including phenoxy) is 1. The van der Waals surface area contributed by atoms with Gasteiger partial charge in [-0.15, -0.1) is 0 Å². The third kappa shape index (κ3) is 3.00. The van der Waals surface area contributed by atoms with Gasteiger partial charge in [-0.25, -0.2) is 0 Å². The van der Waals surface area contributed by atoms with Gasteiger partial charge in [-0.1, -0.05) is 25.8 Å². The fourth-order valence-corrected chi connectivity index (χ4v) is 3.70. The summed E-state index contributed by atoms with van der Waals surface area (Å²) in [6.45, 7) is 3.03. The molecule has 22 heavy (non-hydrogen) atoms. The predicted octanol–water partition coefficient (Wildman–Crippen LogP) is 3.93. The van der Waals surface area contributed by atoms with Crippen molar-refractivity contribution in [3.63, 3.8) is 0 Å². The number of phenols is 1. The molecule has 120 valence electrons. The molecule has 1 aliphatic heterocycles. The van der Waals surface area contributed by atoms with Gasteiger partial charge in [-0.2, -0.15) is 0 Å². The Morgan fingerprint density at radius 1 is 1.27 bits per heavy atom. The minimum Gasteiger partial charge on any atom is -0.507 e. The lowest BCUT2D eigenvalue weighted by molar-refractivity contribution is 0.187. The lowest BCUT2D eigenvalue weighted by atomic mass is 9.75. The molecule has 3 rings (SSSR count). The number of aliphatic hydroxyl groups is 1. The number of hydrogen-bond donors (Lipinski definition) is 2. The summed E-state index contributed by atoms with van der Waals surface area (Å²) in [6.07, 6.45) is 8.66. The van der Waals surface area contributed by atoms with Crippen molar-refractivity contribution in [3.05, 3.63) is 34.9 Å². The Balaban J connectivity index is 1.89. The van der Waals surface area contributed by atoms with Gasteiger partial charge < -0.3 is 14.9 Å². The van der Waals surface area contributed by atoms with Crippen LogP contribution in [0.15, 0.2) is 23.8 Å². The zero-order valence-electron chi connectivity index (χ0n) is 13.3. The molecule has 0 saturated heterocycles. The van der Waals surface area contributed by atoms with Gasteiger partial charge in [0.25, 0.3) is 0 Å². The van der Waals surface area contributed by atoms with E-state index in [9.17, 15) is 10.2 Å². The maximum Gasteiger partial charge on any atom is 0.127 e. The van der Waals surface area contributed by atoms with Crippen molar-refractivity contribution >= 4 is 0 Å². The number of aryl methyl sites for hydroxylation is 1. The molecule has 3 nitrogen and oxygen atoms in total. The molecule has 0 aromatic heterocycles. The smallest absolute Gasteiger partial charge is 0.127 e. The number of aromatic hydroxyl groups is 1. The van der Waals surface area contributed by atoms with Crippen molar-refractivity contribution in [1.82, 2.24) is 0 Å². The standard InChI is InChI=1S/C19H26O3/c1-2-3-4-5-13-9-17(21)19-16-8-14(11-20)6-7-15(16)12-22-18(19)10-13/h8-10,15-16,20-21H,2-7,11-12H2,1H3/t15-,16-/m0/s1. The highest BCUT2D eigenvalue weighted by molar-refractivity contribution is 5.53. The molecule has 1 aromatic carbocycles. The van der Waals surface area contributed by atoms with E-state index in [0.29, 0.717) is 18.3 Å². The van der Waals surface area contributed by atoms with Crippen molar-refractivity contribution < 1.29 is 14.9 Å². The molecule has 0 amide bonds. The van der Waals surface area contributed by atoms with Gasteiger partial charge in [-0.05, 0) is 49.0 Å². The monoisotopic (exact) mass is 302 g/mol. The first-order valence-electron chi connectivity index (χ1n) is 8.52. The van der Waals surface area contributed by atoms with Crippen LogP contribution in [0.1, 0.15) is 56.1 Å². The third-order valence-electron chi connectivity index (χ3n) is 5.00. The molecule has 1 aliphatic carbocycles. The highest BCUT2D eigenvalue weighted by Crippen LogP contribution is 2.48. The number of hydrogen-bond acceptors (Lipinski definition) is 3. The molecule has 2 atom stereocenters. The maximum atomic E-state index is 10.5. The van der Waals surface area contributed by atoms with Crippen LogP contribution in [-0.2, 0) is 6.42 Å². The van der Waals surface area contributed by atoms with Crippen LogP contribution in [0, 0.1) is 5.92 Å². The van der Waals surface area contributed by atoms with Gasteiger partial charge in [0.05, 0.1) is 13.2 Å². The Bertz CT molecular complexity index is 562. The Hall–Kier alpha value is -1.48. The minimum absolute atomic E-state index is 0.120. The van der Waals surface area contributed by atoms with Crippen molar-refractivity contribution in [1.29, 1.82) is 0 Å². The van der Waals surface area contributed by atoms with Crippen LogP contribution in [-0.4, -0.2) is 23.4 Å². The number of aliphatic hydroxyl groups excluding tert-OH is 1. The van der Waals surface area contributed by atoms with Crippen LogP contribution >= 0.6 is 0 Å². The summed E-state index contributed by atoms with van der Waals surface area (Å²) in [4.78, 5) is 0. The first-order valence-corrected chi connectivity index (χ1v) is 8.52. The number of phenolic OH excluding ortho intramolecular Hbond substituents is 1. The van der Waals surface area contributed by atoms with Crippen LogP contribution in [0.25, 0.3) is 0 Å². The first-order chi connectivity index (χ1) is 10.7. The van der Waals surface area contributed by atoms with Gasteiger partial charge in [-0.3, -0.25) is 0 Å². The van der Waals surface area contributed by atoms with Gasteiger partial charge in [0.1, 0.15) is 11.5 Å². The SMILES string of the molecule is CCCCCc1cc(O)c2c(c1)OC[C@@H]1CCC(CO)=C[C@H]21. The Morgan fingerprint density at radius 2 is 2.14 bits per heavy atom.